The van der Waals surface area contributed by atoms with Gasteiger partial charge in [0.15, 0.2) is 0 Å². The second-order valence-corrected chi connectivity index (χ2v) is 7.40. The molecule has 2 fully saturated rings. The summed E-state index contributed by atoms with van der Waals surface area (Å²) in [5.41, 5.74) is -0.465. The first-order valence-corrected chi connectivity index (χ1v) is 8.37. The van der Waals surface area contributed by atoms with Gasteiger partial charge in [0, 0.05) is 64.8 Å². The predicted molar refractivity (Wildman–Crippen MR) is 86.0 cm³/mol. The van der Waals surface area contributed by atoms with Gasteiger partial charge in [-0.15, -0.1) is 0 Å². The van der Waals surface area contributed by atoms with Gasteiger partial charge in [-0.1, -0.05) is 0 Å². The summed E-state index contributed by atoms with van der Waals surface area (Å²) in [6.45, 7) is 10.8. The van der Waals surface area contributed by atoms with Crippen LogP contribution in [0.1, 0.15) is 27.2 Å². The molecule has 7 heteroatoms. The Hall–Kier alpha value is -1.34. The second kappa shape index (κ2) is 7.49. The van der Waals surface area contributed by atoms with Gasteiger partial charge in [0.05, 0.1) is 0 Å². The van der Waals surface area contributed by atoms with Gasteiger partial charge in [0.2, 0.25) is 5.91 Å². The molecular weight excluding hydrogens is 298 g/mol. The number of hydrogen-bond donors (Lipinski definition) is 1. The van der Waals surface area contributed by atoms with Gasteiger partial charge >= 0.3 is 6.09 Å². The Labute approximate surface area is 138 Å². The van der Waals surface area contributed by atoms with Crippen LogP contribution in [0, 0.1) is 5.92 Å². The van der Waals surface area contributed by atoms with E-state index in [-0.39, 0.29) is 24.5 Å². The summed E-state index contributed by atoms with van der Waals surface area (Å²) >= 11 is 0. The van der Waals surface area contributed by atoms with E-state index in [0.29, 0.717) is 32.6 Å². The number of rotatable bonds is 4. The van der Waals surface area contributed by atoms with Crippen LogP contribution in [0.25, 0.3) is 0 Å². The zero-order valence-electron chi connectivity index (χ0n) is 14.5. The van der Waals surface area contributed by atoms with E-state index < -0.39 is 5.60 Å². The standard InChI is InChI=1S/C16H29N3O4/c1-16(2,3)23-15(22)18-7-4-17(5-8-18)6-9-19-11-13(12-20)10-14(19)21/h13,20H,4-12H2,1-3H3. The van der Waals surface area contributed by atoms with Gasteiger partial charge in [0.25, 0.3) is 0 Å². The third-order valence-electron chi connectivity index (χ3n) is 4.26. The molecule has 0 spiro atoms. The van der Waals surface area contributed by atoms with E-state index in [4.69, 9.17) is 9.84 Å². The molecule has 2 heterocycles. The first kappa shape index (κ1) is 18.0. The van der Waals surface area contributed by atoms with Crippen LogP contribution in [-0.2, 0) is 9.53 Å². The Balaban J connectivity index is 1.69. The second-order valence-electron chi connectivity index (χ2n) is 7.40. The fraction of sp³-hybridized carbons (Fsp3) is 0.875. The van der Waals surface area contributed by atoms with Crippen molar-refractivity contribution in [2.75, 3.05) is 52.4 Å². The van der Waals surface area contributed by atoms with Crippen LogP contribution in [-0.4, -0.2) is 89.8 Å². The molecular formula is C16H29N3O4. The summed E-state index contributed by atoms with van der Waals surface area (Å²) in [6, 6.07) is 0. The number of carbonyl (C=O) groups excluding carboxylic acids is 2. The van der Waals surface area contributed by atoms with Crippen molar-refractivity contribution in [3.63, 3.8) is 0 Å². The fourth-order valence-electron chi connectivity index (χ4n) is 2.94. The van der Waals surface area contributed by atoms with Crippen molar-refractivity contribution < 1.29 is 19.4 Å². The van der Waals surface area contributed by atoms with Gasteiger partial charge in [-0.05, 0) is 20.8 Å². The molecule has 2 aliphatic rings. The molecule has 0 aromatic rings. The van der Waals surface area contributed by atoms with E-state index in [2.05, 4.69) is 4.90 Å². The maximum Gasteiger partial charge on any atom is 0.410 e. The van der Waals surface area contributed by atoms with Crippen LogP contribution in [0.5, 0.6) is 0 Å². The molecule has 0 saturated carbocycles. The third kappa shape index (κ3) is 5.35. The zero-order valence-corrected chi connectivity index (χ0v) is 14.5. The summed E-state index contributed by atoms with van der Waals surface area (Å²) in [4.78, 5) is 29.7. The normalized spacial score (nSPS) is 23.5. The average Bonchev–Trinajstić information content (AvgIpc) is 2.84. The van der Waals surface area contributed by atoms with E-state index in [0.717, 1.165) is 19.6 Å². The number of hydrogen-bond acceptors (Lipinski definition) is 5. The van der Waals surface area contributed by atoms with Gasteiger partial charge in [-0.25, -0.2) is 4.79 Å². The van der Waals surface area contributed by atoms with Crippen molar-refractivity contribution in [2.45, 2.75) is 32.8 Å². The molecule has 1 atom stereocenters. The Morgan fingerprint density at radius 2 is 1.87 bits per heavy atom. The summed E-state index contributed by atoms with van der Waals surface area (Å²) in [5.74, 6) is 0.225. The average molecular weight is 327 g/mol. The lowest BCUT2D eigenvalue weighted by Gasteiger charge is -2.36. The Kier molecular flexibility index (Phi) is 5.86. The predicted octanol–water partition coefficient (Wildman–Crippen LogP) is 0.380. The number of amides is 2. The Morgan fingerprint density at radius 3 is 2.39 bits per heavy atom. The van der Waals surface area contributed by atoms with Crippen molar-refractivity contribution in [2.24, 2.45) is 5.92 Å². The quantitative estimate of drug-likeness (QED) is 0.808. The third-order valence-corrected chi connectivity index (χ3v) is 4.26. The zero-order chi connectivity index (χ0) is 17.0. The van der Waals surface area contributed by atoms with Gasteiger partial charge in [-0.3, -0.25) is 9.69 Å². The van der Waals surface area contributed by atoms with Crippen LogP contribution in [0.4, 0.5) is 4.79 Å². The van der Waals surface area contributed by atoms with E-state index in [1.807, 2.05) is 25.7 Å². The Bertz CT molecular complexity index is 428. The SMILES string of the molecule is CC(C)(C)OC(=O)N1CCN(CCN2CC(CO)CC2=O)CC1. The van der Waals surface area contributed by atoms with Crippen LogP contribution >= 0.6 is 0 Å². The topological polar surface area (TPSA) is 73.3 Å². The number of aliphatic hydroxyl groups is 1. The number of piperazine rings is 1. The number of carbonyl (C=O) groups is 2. The molecule has 23 heavy (non-hydrogen) atoms. The lowest BCUT2D eigenvalue weighted by Crippen LogP contribution is -2.51. The van der Waals surface area contributed by atoms with Crippen molar-refractivity contribution in [3.05, 3.63) is 0 Å². The van der Waals surface area contributed by atoms with Crippen LogP contribution in [0.3, 0.4) is 0 Å². The largest absolute Gasteiger partial charge is 0.444 e. The minimum absolute atomic E-state index is 0.0802. The van der Waals surface area contributed by atoms with Crippen molar-refractivity contribution in [1.82, 2.24) is 14.7 Å². The van der Waals surface area contributed by atoms with Crippen LogP contribution in [0.15, 0.2) is 0 Å². The highest BCUT2D eigenvalue weighted by Crippen LogP contribution is 2.17. The van der Waals surface area contributed by atoms with Crippen molar-refractivity contribution in [1.29, 1.82) is 0 Å². The van der Waals surface area contributed by atoms with Gasteiger partial charge in [-0.2, -0.15) is 0 Å². The first-order chi connectivity index (χ1) is 10.8. The summed E-state index contributed by atoms with van der Waals surface area (Å²) < 4.78 is 5.38. The minimum Gasteiger partial charge on any atom is -0.444 e. The fourth-order valence-corrected chi connectivity index (χ4v) is 2.94. The number of nitrogens with zero attached hydrogens (tertiary/aromatic N) is 3. The first-order valence-electron chi connectivity index (χ1n) is 8.37. The summed E-state index contributed by atoms with van der Waals surface area (Å²) in [5, 5.41) is 9.14. The number of likely N-dealkylation sites (tertiary alicyclic amines) is 1. The molecule has 1 N–H and O–H groups in total. The minimum atomic E-state index is -0.465. The molecule has 2 amide bonds. The summed E-state index contributed by atoms with van der Waals surface area (Å²) in [7, 11) is 0. The van der Waals surface area contributed by atoms with E-state index in [1.165, 1.54) is 0 Å². The molecule has 2 saturated heterocycles. The molecule has 2 aliphatic heterocycles. The van der Waals surface area contributed by atoms with Crippen molar-refractivity contribution >= 4 is 12.0 Å². The molecule has 0 aromatic carbocycles. The van der Waals surface area contributed by atoms with Gasteiger partial charge in [0.1, 0.15) is 5.60 Å². The molecule has 0 aromatic heterocycles. The van der Waals surface area contributed by atoms with Crippen LogP contribution < -0.4 is 0 Å². The number of aliphatic hydroxyl groups excluding tert-OH is 1. The lowest BCUT2D eigenvalue weighted by atomic mass is 10.1. The van der Waals surface area contributed by atoms with Crippen molar-refractivity contribution in [3.8, 4) is 0 Å². The molecule has 7 nitrogen and oxygen atoms in total. The lowest BCUT2D eigenvalue weighted by molar-refractivity contribution is -0.128. The smallest absolute Gasteiger partial charge is 0.410 e. The molecule has 132 valence electrons. The molecule has 2 rings (SSSR count). The van der Waals surface area contributed by atoms with E-state index in [9.17, 15) is 9.59 Å². The highest BCUT2D eigenvalue weighted by Gasteiger charge is 2.30. The summed E-state index contributed by atoms with van der Waals surface area (Å²) in [6.07, 6.45) is 0.209. The number of ether oxygens (including phenoxy) is 1. The highest BCUT2D eigenvalue weighted by atomic mass is 16.6. The maximum absolute atomic E-state index is 12.0. The van der Waals surface area contributed by atoms with E-state index >= 15 is 0 Å². The Morgan fingerprint density at radius 1 is 1.22 bits per heavy atom. The van der Waals surface area contributed by atoms with E-state index in [1.54, 1.807) is 4.90 Å². The molecule has 1 unspecified atom stereocenters. The molecule has 0 radical (unpaired) electrons. The molecule has 0 aliphatic carbocycles. The highest BCUT2D eigenvalue weighted by molar-refractivity contribution is 5.78. The van der Waals surface area contributed by atoms with Crippen LogP contribution in [0.2, 0.25) is 0 Å². The monoisotopic (exact) mass is 327 g/mol. The molecule has 0 bridgehead atoms. The maximum atomic E-state index is 12.0. The van der Waals surface area contributed by atoms with Gasteiger partial charge < -0.3 is 19.6 Å².